The van der Waals surface area contributed by atoms with E-state index in [0.717, 1.165) is 18.2 Å². The molecule has 1 aromatic heterocycles. The lowest BCUT2D eigenvalue weighted by Gasteiger charge is -2.22. The number of nitrogens with one attached hydrogen (secondary N) is 2. The normalized spacial score (nSPS) is 13.2. The van der Waals surface area contributed by atoms with Gasteiger partial charge in [0.1, 0.15) is 5.76 Å². The number of rotatable bonds is 5. The topological polar surface area (TPSA) is 91.6 Å². The van der Waals surface area contributed by atoms with E-state index in [1.165, 1.54) is 13.2 Å². The fourth-order valence-electron chi connectivity index (χ4n) is 1.96. The second-order valence-corrected chi connectivity index (χ2v) is 5.52. The van der Waals surface area contributed by atoms with Gasteiger partial charge in [0.25, 0.3) is 0 Å². The number of furan rings is 1. The molecule has 24 heavy (non-hydrogen) atoms. The molecule has 3 N–H and O–H groups in total. The van der Waals surface area contributed by atoms with Crippen LogP contribution in [-0.2, 0) is 16.0 Å². The number of aliphatic hydroxyl groups is 1. The van der Waals surface area contributed by atoms with Crippen molar-refractivity contribution in [2.45, 2.75) is 18.9 Å². The number of amides is 2. The number of anilines is 1. The zero-order valence-electron chi connectivity index (χ0n) is 12.8. The van der Waals surface area contributed by atoms with Crippen molar-refractivity contribution in [1.82, 2.24) is 5.32 Å². The van der Waals surface area contributed by atoms with Gasteiger partial charge in [-0.15, -0.1) is 0 Å². The Bertz CT molecular complexity index is 730. The van der Waals surface area contributed by atoms with E-state index < -0.39 is 29.0 Å². The highest BCUT2D eigenvalue weighted by Gasteiger charge is 2.25. The van der Waals surface area contributed by atoms with Crippen LogP contribution in [0.2, 0.25) is 0 Å². The zero-order valence-corrected chi connectivity index (χ0v) is 12.8. The molecule has 0 aliphatic rings. The second-order valence-electron chi connectivity index (χ2n) is 5.52. The maximum absolute atomic E-state index is 13.0. The van der Waals surface area contributed by atoms with Crippen molar-refractivity contribution < 1.29 is 27.9 Å². The van der Waals surface area contributed by atoms with Gasteiger partial charge in [-0.25, -0.2) is 8.78 Å². The molecule has 0 saturated carbocycles. The molecule has 0 bridgehead atoms. The average molecular weight is 338 g/mol. The molecular weight excluding hydrogens is 322 g/mol. The van der Waals surface area contributed by atoms with Gasteiger partial charge in [0.15, 0.2) is 11.6 Å². The van der Waals surface area contributed by atoms with Gasteiger partial charge in [-0.1, -0.05) is 0 Å². The summed E-state index contributed by atoms with van der Waals surface area (Å²) >= 11 is 0. The minimum absolute atomic E-state index is 0.0589. The van der Waals surface area contributed by atoms with Crippen LogP contribution in [0, 0.1) is 11.6 Å². The Morgan fingerprint density at radius 1 is 1.21 bits per heavy atom. The van der Waals surface area contributed by atoms with Crippen molar-refractivity contribution in [3.8, 4) is 0 Å². The largest absolute Gasteiger partial charge is 0.469 e. The van der Waals surface area contributed by atoms with E-state index in [1.807, 2.05) is 0 Å². The van der Waals surface area contributed by atoms with Gasteiger partial charge < -0.3 is 20.2 Å². The third kappa shape index (κ3) is 4.88. The molecule has 128 valence electrons. The van der Waals surface area contributed by atoms with Gasteiger partial charge in [-0.3, -0.25) is 9.59 Å². The van der Waals surface area contributed by atoms with Gasteiger partial charge in [-0.05, 0) is 31.2 Å². The lowest BCUT2D eigenvalue weighted by atomic mass is 10.0. The van der Waals surface area contributed by atoms with Crippen molar-refractivity contribution in [3.63, 3.8) is 0 Å². The predicted molar refractivity (Wildman–Crippen MR) is 81.0 cm³/mol. The standard InChI is InChI=1S/C16H16F2N2O4/c1-16(23,8-11-3-2-6-24-11)9-19-14(21)15(22)20-10-4-5-12(17)13(18)7-10/h2-7,23H,8-9H2,1H3,(H,19,21)(H,20,22). The molecule has 0 aliphatic carbocycles. The molecule has 1 heterocycles. The summed E-state index contributed by atoms with van der Waals surface area (Å²) in [5, 5.41) is 14.6. The van der Waals surface area contributed by atoms with E-state index in [-0.39, 0.29) is 18.7 Å². The van der Waals surface area contributed by atoms with Crippen molar-refractivity contribution in [2.24, 2.45) is 0 Å². The third-order valence-corrected chi connectivity index (χ3v) is 3.15. The van der Waals surface area contributed by atoms with Crippen LogP contribution in [0.15, 0.2) is 41.0 Å². The van der Waals surface area contributed by atoms with E-state index in [2.05, 4.69) is 10.6 Å². The van der Waals surface area contributed by atoms with E-state index in [0.29, 0.717) is 5.76 Å². The Morgan fingerprint density at radius 3 is 2.58 bits per heavy atom. The number of hydrogen-bond donors (Lipinski definition) is 3. The fraction of sp³-hybridized carbons (Fsp3) is 0.250. The minimum Gasteiger partial charge on any atom is -0.469 e. The Labute approximate surface area is 136 Å². The second kappa shape index (κ2) is 7.22. The van der Waals surface area contributed by atoms with E-state index in [4.69, 9.17) is 4.42 Å². The Morgan fingerprint density at radius 2 is 1.96 bits per heavy atom. The van der Waals surface area contributed by atoms with Crippen LogP contribution < -0.4 is 10.6 Å². The summed E-state index contributed by atoms with van der Waals surface area (Å²) in [6.07, 6.45) is 1.60. The predicted octanol–water partition coefficient (Wildman–Crippen LogP) is 1.61. The molecule has 2 rings (SSSR count). The molecule has 0 fully saturated rings. The molecular formula is C16H16F2N2O4. The van der Waals surface area contributed by atoms with Crippen molar-refractivity contribution in [2.75, 3.05) is 11.9 Å². The smallest absolute Gasteiger partial charge is 0.313 e. The Balaban J connectivity index is 1.87. The Kier molecular flexibility index (Phi) is 5.30. The van der Waals surface area contributed by atoms with E-state index in [9.17, 15) is 23.5 Å². The highest BCUT2D eigenvalue weighted by molar-refractivity contribution is 6.39. The molecule has 6 nitrogen and oxygen atoms in total. The van der Waals surface area contributed by atoms with Crippen LogP contribution in [0.4, 0.5) is 14.5 Å². The zero-order chi connectivity index (χ0) is 17.7. The van der Waals surface area contributed by atoms with Crippen LogP contribution >= 0.6 is 0 Å². The van der Waals surface area contributed by atoms with Crippen LogP contribution in [0.3, 0.4) is 0 Å². The SMILES string of the molecule is CC(O)(CNC(=O)C(=O)Nc1ccc(F)c(F)c1)Cc1ccco1. The molecule has 8 heteroatoms. The summed E-state index contributed by atoms with van der Waals surface area (Å²) in [4.78, 5) is 23.4. The maximum atomic E-state index is 13.0. The first kappa shape index (κ1) is 17.6. The fourth-order valence-corrected chi connectivity index (χ4v) is 1.96. The molecule has 0 spiro atoms. The maximum Gasteiger partial charge on any atom is 0.313 e. The molecule has 1 unspecified atom stereocenters. The molecule has 0 radical (unpaired) electrons. The van der Waals surface area contributed by atoms with Crippen LogP contribution in [-0.4, -0.2) is 29.1 Å². The first-order valence-electron chi connectivity index (χ1n) is 7.06. The molecule has 2 aromatic rings. The number of benzene rings is 1. The monoisotopic (exact) mass is 338 g/mol. The lowest BCUT2D eigenvalue weighted by molar-refractivity contribution is -0.136. The Hall–Kier alpha value is -2.74. The summed E-state index contributed by atoms with van der Waals surface area (Å²) in [7, 11) is 0. The number of hydrogen-bond acceptors (Lipinski definition) is 4. The van der Waals surface area contributed by atoms with Gasteiger partial charge in [-0.2, -0.15) is 0 Å². The van der Waals surface area contributed by atoms with Gasteiger partial charge in [0.2, 0.25) is 0 Å². The third-order valence-electron chi connectivity index (χ3n) is 3.15. The van der Waals surface area contributed by atoms with Crippen molar-refractivity contribution in [1.29, 1.82) is 0 Å². The lowest BCUT2D eigenvalue weighted by Crippen LogP contribution is -2.45. The number of halogens is 2. The average Bonchev–Trinajstić information content (AvgIpc) is 3.00. The first-order chi connectivity index (χ1) is 11.3. The van der Waals surface area contributed by atoms with Gasteiger partial charge in [0, 0.05) is 24.7 Å². The summed E-state index contributed by atoms with van der Waals surface area (Å²) in [6.45, 7) is 1.28. The van der Waals surface area contributed by atoms with Crippen LogP contribution in [0.5, 0.6) is 0 Å². The van der Waals surface area contributed by atoms with E-state index >= 15 is 0 Å². The van der Waals surface area contributed by atoms with Gasteiger partial charge >= 0.3 is 11.8 Å². The summed E-state index contributed by atoms with van der Waals surface area (Å²) < 4.78 is 31.0. The van der Waals surface area contributed by atoms with Crippen LogP contribution in [0.1, 0.15) is 12.7 Å². The quantitative estimate of drug-likeness (QED) is 0.722. The molecule has 0 saturated heterocycles. The van der Waals surface area contributed by atoms with Crippen molar-refractivity contribution in [3.05, 3.63) is 54.0 Å². The summed E-state index contributed by atoms with van der Waals surface area (Å²) in [5.74, 6) is -3.75. The highest BCUT2D eigenvalue weighted by atomic mass is 19.2. The van der Waals surface area contributed by atoms with Crippen molar-refractivity contribution >= 4 is 17.5 Å². The van der Waals surface area contributed by atoms with Crippen LogP contribution in [0.25, 0.3) is 0 Å². The summed E-state index contributed by atoms with van der Waals surface area (Å²) in [5.41, 5.74) is -1.38. The molecule has 1 aromatic carbocycles. The molecule has 1 atom stereocenters. The summed E-state index contributed by atoms with van der Waals surface area (Å²) in [6, 6.07) is 6.05. The molecule has 0 aliphatic heterocycles. The minimum atomic E-state index is -1.32. The van der Waals surface area contributed by atoms with E-state index in [1.54, 1.807) is 12.1 Å². The highest BCUT2D eigenvalue weighted by Crippen LogP contribution is 2.14. The van der Waals surface area contributed by atoms with Gasteiger partial charge in [0.05, 0.1) is 11.9 Å². The number of carbonyl (C=O) groups is 2. The first-order valence-corrected chi connectivity index (χ1v) is 7.06. The number of carbonyl (C=O) groups excluding carboxylic acids is 2. The molecule has 2 amide bonds.